The second-order valence-electron chi connectivity index (χ2n) is 3.39. The summed E-state index contributed by atoms with van der Waals surface area (Å²) in [5.74, 6) is 1.38. The summed E-state index contributed by atoms with van der Waals surface area (Å²) in [4.78, 5) is 3.98. The van der Waals surface area contributed by atoms with Crippen LogP contribution < -0.4 is 10.5 Å². The quantitative estimate of drug-likeness (QED) is 0.765. The van der Waals surface area contributed by atoms with Crippen LogP contribution in [0.25, 0.3) is 0 Å². The number of hydrogen-bond acceptors (Lipinski definition) is 3. The van der Waals surface area contributed by atoms with Gasteiger partial charge in [-0.15, -0.1) is 0 Å². The molecule has 0 unspecified atom stereocenters. The van der Waals surface area contributed by atoms with Gasteiger partial charge in [0.25, 0.3) is 0 Å². The van der Waals surface area contributed by atoms with Crippen molar-refractivity contribution in [2.24, 2.45) is 11.7 Å². The van der Waals surface area contributed by atoms with E-state index in [9.17, 15) is 0 Å². The lowest BCUT2D eigenvalue weighted by molar-refractivity contribution is 0.268. The molecule has 1 rings (SSSR count). The molecule has 0 spiro atoms. The Morgan fingerprint density at radius 1 is 1.54 bits per heavy atom. The fourth-order valence-corrected chi connectivity index (χ4v) is 0.965. The molecule has 1 heterocycles. The molecule has 0 fully saturated rings. The van der Waals surface area contributed by atoms with Crippen LogP contribution in [-0.2, 0) is 6.54 Å². The van der Waals surface area contributed by atoms with E-state index in [1.807, 2.05) is 6.07 Å². The number of nitrogens with zero attached hydrogens (tertiary/aromatic N) is 1. The molecule has 0 atom stereocenters. The number of nitrogens with two attached hydrogens (primary N) is 1. The third-order valence-electron chi connectivity index (χ3n) is 1.65. The van der Waals surface area contributed by atoms with Crippen LogP contribution >= 0.6 is 0 Å². The predicted octanol–water partition coefficient (Wildman–Crippen LogP) is 1.58. The van der Waals surface area contributed by atoms with Crippen LogP contribution in [0.5, 0.6) is 5.75 Å². The molecule has 0 aliphatic carbocycles. The van der Waals surface area contributed by atoms with E-state index >= 15 is 0 Å². The molecule has 2 N–H and O–H groups in total. The highest BCUT2D eigenvalue weighted by Gasteiger charge is 2.02. The van der Waals surface area contributed by atoms with Gasteiger partial charge in [0.15, 0.2) is 0 Å². The second-order valence-corrected chi connectivity index (χ2v) is 3.39. The Bertz CT molecular complexity index is 261. The van der Waals surface area contributed by atoms with Crippen molar-refractivity contribution in [2.75, 3.05) is 6.61 Å². The van der Waals surface area contributed by atoms with Gasteiger partial charge in [-0.2, -0.15) is 0 Å². The third kappa shape index (κ3) is 3.03. The lowest BCUT2D eigenvalue weighted by Gasteiger charge is -2.11. The van der Waals surface area contributed by atoms with E-state index in [-0.39, 0.29) is 0 Å². The van der Waals surface area contributed by atoms with Gasteiger partial charge in [-0.3, -0.25) is 4.98 Å². The number of ether oxygens (including phenoxy) is 1. The van der Waals surface area contributed by atoms with Gasteiger partial charge >= 0.3 is 0 Å². The third-order valence-corrected chi connectivity index (χ3v) is 1.65. The molecule has 3 heteroatoms. The Balaban J connectivity index is 2.64. The zero-order valence-corrected chi connectivity index (χ0v) is 8.16. The smallest absolute Gasteiger partial charge is 0.126 e. The van der Waals surface area contributed by atoms with Gasteiger partial charge in [0.2, 0.25) is 0 Å². The number of aromatic nitrogens is 1. The fraction of sp³-hybridized carbons (Fsp3) is 0.500. The topological polar surface area (TPSA) is 48.1 Å². The maximum Gasteiger partial charge on any atom is 0.126 e. The van der Waals surface area contributed by atoms with Gasteiger partial charge in [0, 0.05) is 24.5 Å². The van der Waals surface area contributed by atoms with Crippen LogP contribution in [0.15, 0.2) is 18.5 Å². The van der Waals surface area contributed by atoms with Gasteiger partial charge in [0.1, 0.15) is 5.75 Å². The Hall–Kier alpha value is -1.09. The first kappa shape index (κ1) is 9.99. The van der Waals surface area contributed by atoms with Crippen molar-refractivity contribution >= 4 is 0 Å². The zero-order valence-electron chi connectivity index (χ0n) is 8.16. The molecule has 0 aliphatic heterocycles. The minimum atomic E-state index is 0.473. The largest absolute Gasteiger partial charge is 0.493 e. The van der Waals surface area contributed by atoms with Crippen LogP contribution in [0, 0.1) is 5.92 Å². The van der Waals surface area contributed by atoms with E-state index in [0.29, 0.717) is 12.5 Å². The number of rotatable bonds is 4. The van der Waals surface area contributed by atoms with E-state index in [0.717, 1.165) is 17.9 Å². The number of hydrogen-bond donors (Lipinski definition) is 1. The predicted molar refractivity (Wildman–Crippen MR) is 52.5 cm³/mol. The van der Waals surface area contributed by atoms with E-state index in [1.165, 1.54) is 0 Å². The Labute approximate surface area is 78.9 Å². The molecule has 0 saturated carbocycles. The average molecular weight is 180 g/mol. The Morgan fingerprint density at radius 3 is 2.92 bits per heavy atom. The molecule has 3 nitrogen and oxygen atoms in total. The van der Waals surface area contributed by atoms with Crippen LogP contribution in [0.4, 0.5) is 0 Å². The van der Waals surface area contributed by atoms with E-state index in [1.54, 1.807) is 12.4 Å². The molecule has 1 aromatic heterocycles. The maximum atomic E-state index is 5.57. The minimum Gasteiger partial charge on any atom is -0.493 e. The van der Waals surface area contributed by atoms with Gasteiger partial charge in [-0.1, -0.05) is 13.8 Å². The van der Waals surface area contributed by atoms with Crippen LogP contribution in [-0.4, -0.2) is 11.6 Å². The van der Waals surface area contributed by atoms with E-state index < -0.39 is 0 Å². The first-order valence-corrected chi connectivity index (χ1v) is 4.49. The molecule has 1 aromatic rings. The molecule has 0 radical (unpaired) electrons. The Morgan fingerprint density at radius 2 is 2.31 bits per heavy atom. The van der Waals surface area contributed by atoms with Crippen molar-refractivity contribution in [3.05, 3.63) is 24.0 Å². The van der Waals surface area contributed by atoms with Gasteiger partial charge in [-0.05, 0) is 12.0 Å². The molecular weight excluding hydrogens is 164 g/mol. The minimum absolute atomic E-state index is 0.473. The lowest BCUT2D eigenvalue weighted by Crippen LogP contribution is -2.08. The Kier molecular flexibility index (Phi) is 3.71. The van der Waals surface area contributed by atoms with Crippen LogP contribution in [0.3, 0.4) is 0 Å². The molecule has 0 amide bonds. The monoisotopic (exact) mass is 180 g/mol. The van der Waals surface area contributed by atoms with Crippen molar-refractivity contribution < 1.29 is 4.74 Å². The summed E-state index contributed by atoms with van der Waals surface area (Å²) in [6.45, 7) is 5.42. The SMILES string of the molecule is CC(C)COc1ccncc1CN. The summed E-state index contributed by atoms with van der Waals surface area (Å²) in [6.07, 6.45) is 3.46. The summed E-state index contributed by atoms with van der Waals surface area (Å²) >= 11 is 0. The van der Waals surface area contributed by atoms with Crippen molar-refractivity contribution in [2.45, 2.75) is 20.4 Å². The first-order valence-electron chi connectivity index (χ1n) is 4.49. The van der Waals surface area contributed by atoms with Crippen LogP contribution in [0.2, 0.25) is 0 Å². The fourth-order valence-electron chi connectivity index (χ4n) is 0.965. The standard InChI is InChI=1S/C10H16N2O/c1-8(2)7-13-10-3-4-12-6-9(10)5-11/h3-4,6,8H,5,7,11H2,1-2H3. The average Bonchev–Trinajstić information content (AvgIpc) is 2.15. The van der Waals surface area contributed by atoms with Crippen molar-refractivity contribution in [3.8, 4) is 5.75 Å². The van der Waals surface area contributed by atoms with E-state index in [2.05, 4.69) is 18.8 Å². The van der Waals surface area contributed by atoms with Crippen LogP contribution in [0.1, 0.15) is 19.4 Å². The highest BCUT2D eigenvalue weighted by Crippen LogP contribution is 2.16. The second kappa shape index (κ2) is 4.82. The van der Waals surface area contributed by atoms with Crippen molar-refractivity contribution in [3.63, 3.8) is 0 Å². The lowest BCUT2D eigenvalue weighted by atomic mass is 10.2. The maximum absolute atomic E-state index is 5.57. The molecule has 13 heavy (non-hydrogen) atoms. The number of pyridine rings is 1. The normalized spacial score (nSPS) is 10.5. The molecule has 0 saturated heterocycles. The zero-order chi connectivity index (χ0) is 9.68. The highest BCUT2D eigenvalue weighted by molar-refractivity contribution is 5.29. The summed E-state index contributed by atoms with van der Waals surface area (Å²) < 4.78 is 5.57. The molecule has 0 aromatic carbocycles. The first-order chi connectivity index (χ1) is 6.24. The highest BCUT2D eigenvalue weighted by atomic mass is 16.5. The molecule has 72 valence electrons. The van der Waals surface area contributed by atoms with Crippen molar-refractivity contribution in [1.29, 1.82) is 0 Å². The summed E-state index contributed by atoms with van der Waals surface area (Å²) in [6, 6.07) is 1.85. The van der Waals surface area contributed by atoms with Gasteiger partial charge < -0.3 is 10.5 Å². The van der Waals surface area contributed by atoms with Crippen molar-refractivity contribution in [1.82, 2.24) is 4.98 Å². The summed E-state index contributed by atoms with van der Waals surface area (Å²) in [5.41, 5.74) is 6.50. The molecule has 0 bridgehead atoms. The molecule has 0 aliphatic rings. The van der Waals surface area contributed by atoms with E-state index in [4.69, 9.17) is 10.5 Å². The summed E-state index contributed by atoms with van der Waals surface area (Å²) in [7, 11) is 0. The van der Waals surface area contributed by atoms with Gasteiger partial charge in [-0.25, -0.2) is 0 Å². The van der Waals surface area contributed by atoms with Gasteiger partial charge in [0.05, 0.1) is 6.61 Å². The summed E-state index contributed by atoms with van der Waals surface area (Å²) in [5, 5.41) is 0. The molecular formula is C10H16N2O.